The summed E-state index contributed by atoms with van der Waals surface area (Å²) < 4.78 is 5.64. The number of nitrogens with zero attached hydrogens (tertiary/aromatic N) is 2. The molecule has 0 spiro atoms. The molecular formula is C14H17N3O3S. The number of carboxylic acid groups (broad SMARTS) is 1. The van der Waals surface area contributed by atoms with E-state index < -0.39 is 5.97 Å². The highest BCUT2D eigenvalue weighted by molar-refractivity contribution is 7.11. The van der Waals surface area contributed by atoms with Crippen LogP contribution in [0.1, 0.15) is 34.9 Å². The van der Waals surface area contributed by atoms with Crippen molar-refractivity contribution < 1.29 is 14.6 Å². The molecule has 7 heteroatoms. The first-order valence-corrected chi connectivity index (χ1v) is 7.43. The van der Waals surface area contributed by atoms with Crippen LogP contribution in [0.25, 0.3) is 0 Å². The second-order valence-electron chi connectivity index (χ2n) is 4.69. The number of carbonyl (C=O) groups is 1. The standard InChI is InChI=1S/C14H17N3O3S/c1-9(2)20-12-10(4-3-5-16-12)6-15-7-11-8-21-13(17-11)14(18)19/h3-5,8-9,15H,6-7H2,1-2H3,(H,18,19). The van der Waals surface area contributed by atoms with Gasteiger partial charge in [-0.05, 0) is 19.9 Å². The molecule has 0 saturated heterocycles. The molecule has 2 N–H and O–H groups in total. The van der Waals surface area contributed by atoms with Crippen LogP contribution in [-0.4, -0.2) is 27.1 Å². The Kier molecular flexibility index (Phi) is 5.24. The summed E-state index contributed by atoms with van der Waals surface area (Å²) in [6, 6.07) is 3.80. The molecule has 2 heterocycles. The van der Waals surface area contributed by atoms with Crippen molar-refractivity contribution in [2.75, 3.05) is 0 Å². The predicted molar refractivity (Wildman–Crippen MR) is 79.6 cm³/mol. The summed E-state index contributed by atoms with van der Waals surface area (Å²) >= 11 is 1.13. The lowest BCUT2D eigenvalue weighted by molar-refractivity contribution is 0.0696. The molecule has 0 radical (unpaired) electrons. The molecule has 0 atom stereocenters. The van der Waals surface area contributed by atoms with Crippen LogP contribution >= 0.6 is 11.3 Å². The monoisotopic (exact) mass is 307 g/mol. The van der Waals surface area contributed by atoms with Crippen LogP contribution in [0.2, 0.25) is 0 Å². The van der Waals surface area contributed by atoms with Crippen LogP contribution in [-0.2, 0) is 13.1 Å². The van der Waals surface area contributed by atoms with E-state index in [2.05, 4.69) is 15.3 Å². The number of carboxylic acids is 1. The van der Waals surface area contributed by atoms with Crippen LogP contribution in [0.15, 0.2) is 23.7 Å². The van der Waals surface area contributed by atoms with Gasteiger partial charge in [-0.3, -0.25) is 0 Å². The van der Waals surface area contributed by atoms with E-state index in [4.69, 9.17) is 9.84 Å². The number of ether oxygens (including phenoxy) is 1. The van der Waals surface area contributed by atoms with E-state index in [9.17, 15) is 4.79 Å². The Labute approximate surface area is 126 Å². The first kappa shape index (κ1) is 15.4. The third-order valence-electron chi connectivity index (χ3n) is 2.55. The van der Waals surface area contributed by atoms with Crippen molar-refractivity contribution in [2.24, 2.45) is 0 Å². The Morgan fingerprint density at radius 1 is 1.48 bits per heavy atom. The lowest BCUT2D eigenvalue weighted by Gasteiger charge is -2.12. The van der Waals surface area contributed by atoms with Gasteiger partial charge in [0, 0.05) is 30.2 Å². The maximum atomic E-state index is 10.8. The molecular weight excluding hydrogens is 290 g/mol. The predicted octanol–water partition coefficient (Wildman–Crippen LogP) is 2.31. The molecule has 0 saturated carbocycles. The van der Waals surface area contributed by atoms with Crippen LogP contribution in [0.3, 0.4) is 0 Å². The zero-order valence-electron chi connectivity index (χ0n) is 11.9. The van der Waals surface area contributed by atoms with Gasteiger partial charge in [-0.25, -0.2) is 14.8 Å². The lowest BCUT2D eigenvalue weighted by Crippen LogP contribution is -2.16. The molecule has 2 rings (SSSR count). The topological polar surface area (TPSA) is 84.3 Å². The summed E-state index contributed by atoms with van der Waals surface area (Å²) in [6.07, 6.45) is 1.76. The largest absolute Gasteiger partial charge is 0.476 e. The minimum Gasteiger partial charge on any atom is -0.476 e. The molecule has 0 bridgehead atoms. The third kappa shape index (κ3) is 4.51. The van der Waals surface area contributed by atoms with E-state index in [1.54, 1.807) is 11.6 Å². The molecule has 0 amide bonds. The molecule has 0 aliphatic heterocycles. The van der Waals surface area contributed by atoms with Crippen molar-refractivity contribution in [1.29, 1.82) is 0 Å². The Bertz CT molecular complexity index is 613. The summed E-state index contributed by atoms with van der Waals surface area (Å²) in [6.45, 7) is 4.98. The fourth-order valence-electron chi connectivity index (χ4n) is 1.70. The van der Waals surface area contributed by atoms with E-state index in [1.165, 1.54) is 0 Å². The average Bonchev–Trinajstić information content (AvgIpc) is 2.89. The van der Waals surface area contributed by atoms with Crippen LogP contribution < -0.4 is 10.1 Å². The quantitative estimate of drug-likeness (QED) is 0.816. The second-order valence-corrected chi connectivity index (χ2v) is 5.55. The SMILES string of the molecule is CC(C)Oc1ncccc1CNCc1csc(C(=O)O)n1. The lowest BCUT2D eigenvalue weighted by atomic mass is 10.2. The molecule has 0 aliphatic carbocycles. The third-order valence-corrected chi connectivity index (χ3v) is 3.43. The van der Waals surface area contributed by atoms with Crippen molar-refractivity contribution in [3.05, 3.63) is 40.0 Å². The summed E-state index contributed by atoms with van der Waals surface area (Å²) in [5, 5.41) is 13.9. The molecule has 0 fully saturated rings. The summed E-state index contributed by atoms with van der Waals surface area (Å²) in [5.74, 6) is -0.379. The van der Waals surface area contributed by atoms with Crippen molar-refractivity contribution in [3.63, 3.8) is 0 Å². The fourth-order valence-corrected chi connectivity index (χ4v) is 2.35. The first-order valence-electron chi connectivity index (χ1n) is 6.55. The van der Waals surface area contributed by atoms with Gasteiger partial charge in [-0.1, -0.05) is 6.07 Å². The molecule has 21 heavy (non-hydrogen) atoms. The van der Waals surface area contributed by atoms with Gasteiger partial charge in [0.15, 0.2) is 0 Å². The van der Waals surface area contributed by atoms with Crippen molar-refractivity contribution in [1.82, 2.24) is 15.3 Å². The molecule has 0 aliphatic rings. The highest BCUT2D eigenvalue weighted by atomic mass is 32.1. The first-order chi connectivity index (χ1) is 10.1. The number of aromatic carboxylic acids is 1. The fraction of sp³-hybridized carbons (Fsp3) is 0.357. The van der Waals surface area contributed by atoms with E-state index in [-0.39, 0.29) is 11.1 Å². The summed E-state index contributed by atoms with van der Waals surface area (Å²) in [5.41, 5.74) is 1.67. The Hall–Kier alpha value is -1.99. The number of rotatable bonds is 7. The highest BCUT2D eigenvalue weighted by Crippen LogP contribution is 2.16. The van der Waals surface area contributed by atoms with Crippen LogP contribution in [0.5, 0.6) is 5.88 Å². The number of aromatic nitrogens is 2. The van der Waals surface area contributed by atoms with Gasteiger partial charge in [-0.15, -0.1) is 11.3 Å². The zero-order chi connectivity index (χ0) is 15.2. The molecule has 112 valence electrons. The Balaban J connectivity index is 1.92. The molecule has 6 nitrogen and oxygen atoms in total. The normalized spacial score (nSPS) is 10.8. The Morgan fingerprint density at radius 3 is 2.95 bits per heavy atom. The summed E-state index contributed by atoms with van der Waals surface area (Å²) in [4.78, 5) is 19.0. The molecule has 2 aromatic heterocycles. The van der Waals surface area contributed by atoms with Gasteiger partial charge < -0.3 is 15.2 Å². The Morgan fingerprint density at radius 2 is 2.29 bits per heavy atom. The number of thiazole rings is 1. The van der Waals surface area contributed by atoms with Gasteiger partial charge in [0.1, 0.15) is 0 Å². The van der Waals surface area contributed by atoms with Gasteiger partial charge in [0.2, 0.25) is 10.9 Å². The van der Waals surface area contributed by atoms with E-state index in [0.717, 1.165) is 16.9 Å². The smallest absolute Gasteiger partial charge is 0.365 e. The van der Waals surface area contributed by atoms with Crippen LogP contribution in [0, 0.1) is 0 Å². The minimum atomic E-state index is -0.994. The number of hydrogen-bond acceptors (Lipinski definition) is 6. The van der Waals surface area contributed by atoms with Gasteiger partial charge in [0.25, 0.3) is 0 Å². The number of nitrogens with one attached hydrogen (secondary N) is 1. The van der Waals surface area contributed by atoms with E-state index in [1.807, 2.05) is 26.0 Å². The average molecular weight is 307 g/mol. The van der Waals surface area contributed by atoms with Crippen molar-refractivity contribution >= 4 is 17.3 Å². The van der Waals surface area contributed by atoms with Gasteiger partial charge in [-0.2, -0.15) is 0 Å². The van der Waals surface area contributed by atoms with Gasteiger partial charge >= 0.3 is 5.97 Å². The maximum Gasteiger partial charge on any atom is 0.365 e. The minimum absolute atomic E-state index is 0.0651. The number of pyridine rings is 1. The zero-order valence-corrected chi connectivity index (χ0v) is 12.7. The van der Waals surface area contributed by atoms with E-state index >= 15 is 0 Å². The highest BCUT2D eigenvalue weighted by Gasteiger charge is 2.09. The van der Waals surface area contributed by atoms with Crippen molar-refractivity contribution in [3.8, 4) is 5.88 Å². The summed E-state index contributed by atoms with van der Waals surface area (Å²) in [7, 11) is 0. The van der Waals surface area contributed by atoms with Gasteiger partial charge in [0.05, 0.1) is 11.8 Å². The van der Waals surface area contributed by atoms with Crippen LogP contribution in [0.4, 0.5) is 0 Å². The molecule has 0 aromatic carbocycles. The van der Waals surface area contributed by atoms with Crippen molar-refractivity contribution in [2.45, 2.75) is 33.0 Å². The number of hydrogen-bond donors (Lipinski definition) is 2. The molecule has 2 aromatic rings. The second kappa shape index (κ2) is 7.14. The molecule has 0 unspecified atom stereocenters. The maximum absolute atomic E-state index is 10.8. The van der Waals surface area contributed by atoms with E-state index in [0.29, 0.717) is 24.7 Å².